The first kappa shape index (κ1) is 21.4. The van der Waals surface area contributed by atoms with Gasteiger partial charge in [0.15, 0.2) is 0 Å². The second kappa shape index (κ2) is 8.59. The number of rotatable bonds is 6. The van der Waals surface area contributed by atoms with Crippen molar-refractivity contribution in [2.45, 2.75) is 50.3 Å². The maximum Gasteiger partial charge on any atom is 0.258 e. The van der Waals surface area contributed by atoms with E-state index in [4.69, 9.17) is 0 Å². The Kier molecular flexibility index (Phi) is 6.33. The number of anilines is 1. The first-order valence-electron chi connectivity index (χ1n) is 9.55. The van der Waals surface area contributed by atoms with Crippen LogP contribution >= 0.6 is 0 Å². The summed E-state index contributed by atoms with van der Waals surface area (Å²) in [6, 6.07) is 9.69. The van der Waals surface area contributed by atoms with E-state index in [-0.39, 0.29) is 17.5 Å². The lowest BCUT2D eigenvalue weighted by Gasteiger charge is -2.23. The average Bonchev–Trinajstić information content (AvgIpc) is 3.09. The van der Waals surface area contributed by atoms with Gasteiger partial charge in [-0.3, -0.25) is 4.79 Å². The van der Waals surface area contributed by atoms with E-state index in [1.54, 1.807) is 26.0 Å². The number of carbonyl (C=O) groups is 1. The zero-order valence-electron chi connectivity index (χ0n) is 16.3. The van der Waals surface area contributed by atoms with Crippen LogP contribution in [0.25, 0.3) is 0 Å². The highest BCUT2D eigenvalue weighted by Gasteiger charge is 2.32. The lowest BCUT2D eigenvalue weighted by Crippen LogP contribution is -2.40. The fraction of sp³-hybridized carbons (Fsp3) is 0.381. The Morgan fingerprint density at radius 3 is 2.38 bits per heavy atom. The van der Waals surface area contributed by atoms with Crippen molar-refractivity contribution in [3.05, 3.63) is 65.2 Å². The zero-order valence-corrected chi connectivity index (χ0v) is 17.1. The van der Waals surface area contributed by atoms with Crippen molar-refractivity contribution < 1.29 is 22.0 Å². The van der Waals surface area contributed by atoms with Crippen molar-refractivity contribution >= 4 is 21.6 Å². The third-order valence-electron chi connectivity index (χ3n) is 5.22. The number of sulfonamides is 1. The van der Waals surface area contributed by atoms with Crippen molar-refractivity contribution in [3.63, 3.8) is 0 Å². The summed E-state index contributed by atoms with van der Waals surface area (Å²) in [6.07, 6.45) is 2.58. The Bertz CT molecular complexity index is 991. The molecular weight excluding hydrogens is 398 g/mol. The number of carbonyl (C=O) groups excluding carboxylic acids is 1. The molecule has 0 unspecified atom stereocenters. The molecule has 2 aromatic rings. The molecule has 0 radical (unpaired) electrons. The second-order valence-electron chi connectivity index (χ2n) is 7.56. The molecule has 2 atom stereocenters. The van der Waals surface area contributed by atoms with Crippen LogP contribution in [0.5, 0.6) is 0 Å². The van der Waals surface area contributed by atoms with Gasteiger partial charge < -0.3 is 5.32 Å². The lowest BCUT2D eigenvalue weighted by molar-refractivity contribution is 0.102. The summed E-state index contributed by atoms with van der Waals surface area (Å²) >= 11 is 0. The van der Waals surface area contributed by atoms with Gasteiger partial charge >= 0.3 is 0 Å². The summed E-state index contributed by atoms with van der Waals surface area (Å²) in [5, 5.41) is 2.10. The Morgan fingerprint density at radius 1 is 1.07 bits per heavy atom. The maximum atomic E-state index is 13.8. The Morgan fingerprint density at radius 2 is 1.76 bits per heavy atom. The van der Waals surface area contributed by atoms with Crippen LogP contribution in [0.2, 0.25) is 0 Å². The van der Waals surface area contributed by atoms with E-state index in [1.807, 2.05) is 12.1 Å². The van der Waals surface area contributed by atoms with Crippen molar-refractivity contribution in [3.8, 4) is 0 Å². The highest BCUT2D eigenvalue weighted by molar-refractivity contribution is 7.90. The summed E-state index contributed by atoms with van der Waals surface area (Å²) in [6.45, 7) is 3.29. The number of nitrogens with one attached hydrogen (secondary N) is 2. The molecule has 156 valence electrons. The van der Waals surface area contributed by atoms with Crippen molar-refractivity contribution in [1.29, 1.82) is 0 Å². The fourth-order valence-electron chi connectivity index (χ4n) is 3.53. The van der Waals surface area contributed by atoms with Gasteiger partial charge in [-0.25, -0.2) is 21.9 Å². The first-order valence-corrected chi connectivity index (χ1v) is 11.1. The van der Waals surface area contributed by atoms with Crippen LogP contribution in [0.3, 0.4) is 0 Å². The minimum atomic E-state index is -3.35. The van der Waals surface area contributed by atoms with Crippen LogP contribution in [-0.4, -0.2) is 25.6 Å². The smallest absolute Gasteiger partial charge is 0.258 e. The molecule has 8 heteroatoms. The molecule has 1 amide bonds. The van der Waals surface area contributed by atoms with Crippen LogP contribution in [0, 0.1) is 11.6 Å². The van der Waals surface area contributed by atoms with Gasteiger partial charge in [-0.05, 0) is 56.5 Å². The quantitative estimate of drug-likeness (QED) is 0.733. The third-order valence-corrected chi connectivity index (χ3v) is 7.10. The Hall–Kier alpha value is -2.32. The molecule has 2 aromatic carbocycles. The molecule has 5 nitrogen and oxygen atoms in total. The molecular formula is C21H24F2N2O3S. The minimum absolute atomic E-state index is 0.0582. The molecule has 29 heavy (non-hydrogen) atoms. The predicted molar refractivity (Wildman–Crippen MR) is 108 cm³/mol. The molecule has 0 aliphatic heterocycles. The Balaban J connectivity index is 1.70. The number of amides is 1. The first-order chi connectivity index (χ1) is 13.7. The highest BCUT2D eigenvalue weighted by Crippen LogP contribution is 2.35. The van der Waals surface area contributed by atoms with E-state index in [1.165, 1.54) is 0 Å². The molecule has 1 aliphatic carbocycles. The van der Waals surface area contributed by atoms with Crippen molar-refractivity contribution in [2.24, 2.45) is 0 Å². The van der Waals surface area contributed by atoms with E-state index in [0.29, 0.717) is 11.8 Å². The van der Waals surface area contributed by atoms with Crippen molar-refractivity contribution in [1.82, 2.24) is 4.72 Å². The maximum absolute atomic E-state index is 13.8. The molecule has 0 saturated heterocycles. The zero-order chi connectivity index (χ0) is 21.2. The summed E-state index contributed by atoms with van der Waals surface area (Å²) in [5.74, 6) is -2.28. The van der Waals surface area contributed by atoms with Crippen LogP contribution in [0.1, 0.15) is 54.9 Å². The van der Waals surface area contributed by atoms with E-state index < -0.39 is 32.8 Å². The Labute approximate surface area is 169 Å². The van der Waals surface area contributed by atoms with Crippen LogP contribution in [0.4, 0.5) is 14.5 Å². The summed E-state index contributed by atoms with van der Waals surface area (Å²) in [4.78, 5) is 12.2. The molecule has 1 aliphatic rings. The van der Waals surface area contributed by atoms with E-state index in [2.05, 4.69) is 10.0 Å². The molecule has 1 fully saturated rings. The normalized spacial score (nSPS) is 19.5. The average molecular weight is 422 g/mol. The van der Waals surface area contributed by atoms with Gasteiger partial charge in [-0.1, -0.05) is 18.6 Å². The van der Waals surface area contributed by atoms with Gasteiger partial charge in [-0.2, -0.15) is 0 Å². The third kappa shape index (κ3) is 5.00. The van der Waals surface area contributed by atoms with Crippen LogP contribution in [0.15, 0.2) is 42.5 Å². The highest BCUT2D eigenvalue weighted by atomic mass is 32.2. The molecule has 2 N–H and O–H groups in total. The second-order valence-corrected chi connectivity index (χ2v) is 9.82. The molecule has 0 bridgehead atoms. The number of hydrogen-bond acceptors (Lipinski definition) is 3. The molecule has 0 heterocycles. The number of benzene rings is 2. The van der Waals surface area contributed by atoms with Gasteiger partial charge in [0, 0.05) is 23.7 Å². The van der Waals surface area contributed by atoms with Gasteiger partial charge in [0.1, 0.15) is 11.6 Å². The lowest BCUT2D eigenvalue weighted by atomic mass is 9.94. The van der Waals surface area contributed by atoms with E-state index in [0.717, 1.165) is 37.0 Å². The summed E-state index contributed by atoms with van der Waals surface area (Å²) < 4.78 is 54.0. The number of hydrogen-bond donors (Lipinski definition) is 2. The van der Waals surface area contributed by atoms with Crippen molar-refractivity contribution in [2.75, 3.05) is 5.32 Å². The molecule has 0 aromatic heterocycles. The van der Waals surface area contributed by atoms with Gasteiger partial charge in [0.05, 0.1) is 10.8 Å². The monoisotopic (exact) mass is 422 g/mol. The van der Waals surface area contributed by atoms with Crippen LogP contribution in [-0.2, 0) is 10.0 Å². The minimum Gasteiger partial charge on any atom is -0.322 e. The molecule has 0 spiro atoms. The molecule has 3 rings (SSSR count). The standard InChI is InChI=1S/C21H24F2N2O3S/c1-13(2)29(27,28)25-20-5-3-4-17(20)14-6-9-16(10-7-14)24-21(26)18-11-8-15(22)12-19(18)23/h6-13,17,20,25H,3-5H2,1-2H3,(H,24,26)/t17-,20-/m1/s1. The number of halogens is 2. The largest absolute Gasteiger partial charge is 0.322 e. The fourth-order valence-corrected chi connectivity index (χ4v) is 4.51. The topological polar surface area (TPSA) is 75.3 Å². The van der Waals surface area contributed by atoms with E-state index >= 15 is 0 Å². The SMILES string of the molecule is CC(C)S(=O)(=O)N[C@@H]1CCC[C@@H]1c1ccc(NC(=O)c2ccc(F)cc2F)cc1. The van der Waals surface area contributed by atoms with Gasteiger partial charge in [0.2, 0.25) is 10.0 Å². The predicted octanol–water partition coefficient (Wildman–Crippen LogP) is 4.18. The summed E-state index contributed by atoms with van der Waals surface area (Å²) in [7, 11) is -3.35. The van der Waals surface area contributed by atoms with E-state index in [9.17, 15) is 22.0 Å². The summed E-state index contributed by atoms with van der Waals surface area (Å²) in [5.41, 5.74) is 1.21. The van der Waals surface area contributed by atoms with Gasteiger partial charge in [-0.15, -0.1) is 0 Å². The molecule has 1 saturated carbocycles. The van der Waals surface area contributed by atoms with Gasteiger partial charge in [0.25, 0.3) is 5.91 Å². The van der Waals surface area contributed by atoms with Crippen LogP contribution < -0.4 is 10.0 Å².